The third kappa shape index (κ3) is 6.47. The van der Waals surface area contributed by atoms with Crippen molar-refractivity contribution in [3.8, 4) is 5.75 Å². The van der Waals surface area contributed by atoms with Crippen LogP contribution in [0.1, 0.15) is 40.3 Å². The zero-order valence-electron chi connectivity index (χ0n) is 19.7. The molecular weight excluding hydrogens is 473 g/mol. The SMILES string of the molecule is CCOC(=O)c1c(OCC)c(=O)c(C(=O)C(N)Cc2c(F)cc(F)cc2F)cn1CC(OC)OC. The second-order valence-electron chi connectivity index (χ2n) is 7.28. The predicted octanol–water partition coefficient (Wildman–Crippen LogP) is 2.21. The normalized spacial score (nSPS) is 12.0. The fourth-order valence-electron chi connectivity index (χ4n) is 3.33. The number of aromatic nitrogens is 1. The van der Waals surface area contributed by atoms with Crippen LogP contribution in [-0.4, -0.2) is 56.1 Å². The molecular formula is C23H27F3N2O7. The first-order chi connectivity index (χ1) is 16.6. The molecule has 9 nitrogen and oxygen atoms in total. The molecule has 12 heteroatoms. The van der Waals surface area contributed by atoms with E-state index in [-0.39, 0.29) is 25.5 Å². The first-order valence-corrected chi connectivity index (χ1v) is 10.7. The minimum atomic E-state index is -1.57. The molecule has 0 fully saturated rings. The second-order valence-corrected chi connectivity index (χ2v) is 7.28. The maximum atomic E-state index is 14.1. The van der Waals surface area contributed by atoms with Gasteiger partial charge in [0.2, 0.25) is 5.43 Å². The highest BCUT2D eigenvalue weighted by Gasteiger charge is 2.30. The van der Waals surface area contributed by atoms with Crippen molar-refractivity contribution in [3.63, 3.8) is 0 Å². The molecule has 0 aliphatic rings. The van der Waals surface area contributed by atoms with Gasteiger partial charge in [-0.15, -0.1) is 0 Å². The lowest BCUT2D eigenvalue weighted by Gasteiger charge is -2.22. The summed E-state index contributed by atoms with van der Waals surface area (Å²) in [4.78, 5) is 38.9. The van der Waals surface area contributed by atoms with Crippen LogP contribution in [0.15, 0.2) is 23.1 Å². The summed E-state index contributed by atoms with van der Waals surface area (Å²) in [7, 11) is 2.69. The lowest BCUT2D eigenvalue weighted by Crippen LogP contribution is -2.38. The number of carbonyl (C=O) groups excluding carboxylic acids is 2. The number of hydrogen-bond acceptors (Lipinski definition) is 8. The minimum absolute atomic E-state index is 0.00305. The van der Waals surface area contributed by atoms with Crippen LogP contribution in [0.4, 0.5) is 13.2 Å². The molecule has 192 valence electrons. The molecule has 0 saturated heterocycles. The summed E-state index contributed by atoms with van der Waals surface area (Å²) in [5, 5.41) is 0. The van der Waals surface area contributed by atoms with Gasteiger partial charge in [-0.25, -0.2) is 18.0 Å². The van der Waals surface area contributed by atoms with Crippen LogP contribution in [0.3, 0.4) is 0 Å². The summed E-state index contributed by atoms with van der Waals surface area (Å²) >= 11 is 0. The zero-order valence-corrected chi connectivity index (χ0v) is 19.7. The number of benzene rings is 1. The molecule has 1 aromatic carbocycles. The quantitative estimate of drug-likeness (QED) is 0.268. The van der Waals surface area contributed by atoms with E-state index in [4.69, 9.17) is 24.7 Å². The standard InChI is InChI=1S/C23H27F3N2O7/c1-5-34-22-19(23(31)35-6-2)28(11-18(32-3)33-4)10-14(21(22)30)20(29)17(27)9-13-15(25)7-12(24)8-16(13)26/h7-8,10,17-18H,5-6,9,11,27H2,1-4H3. The van der Waals surface area contributed by atoms with E-state index in [1.165, 1.54) is 18.8 Å². The predicted molar refractivity (Wildman–Crippen MR) is 118 cm³/mol. The van der Waals surface area contributed by atoms with Gasteiger partial charge in [0.15, 0.2) is 23.5 Å². The molecule has 0 amide bonds. The largest absolute Gasteiger partial charge is 0.488 e. The topological polar surface area (TPSA) is 119 Å². The number of ketones is 1. The van der Waals surface area contributed by atoms with Crippen molar-refractivity contribution in [3.05, 3.63) is 62.8 Å². The van der Waals surface area contributed by atoms with E-state index in [2.05, 4.69) is 0 Å². The molecule has 2 aromatic rings. The molecule has 0 aliphatic carbocycles. The Balaban J connectivity index is 2.62. The number of carbonyl (C=O) groups is 2. The van der Waals surface area contributed by atoms with Gasteiger partial charge >= 0.3 is 5.97 Å². The van der Waals surface area contributed by atoms with Gasteiger partial charge < -0.3 is 29.2 Å². The third-order valence-electron chi connectivity index (χ3n) is 5.00. The maximum Gasteiger partial charge on any atom is 0.359 e. The highest BCUT2D eigenvalue weighted by Crippen LogP contribution is 2.21. The van der Waals surface area contributed by atoms with Crippen LogP contribution in [-0.2, 0) is 27.2 Å². The van der Waals surface area contributed by atoms with E-state index in [0.29, 0.717) is 12.1 Å². The summed E-state index contributed by atoms with van der Waals surface area (Å²) in [5.41, 5.74) is 3.54. The molecule has 0 bridgehead atoms. The molecule has 0 spiro atoms. The minimum Gasteiger partial charge on any atom is -0.488 e. The van der Waals surface area contributed by atoms with Crippen LogP contribution in [0.5, 0.6) is 5.75 Å². The Hall–Kier alpha value is -3.22. The summed E-state index contributed by atoms with van der Waals surface area (Å²) in [6.45, 7) is 2.94. The Morgan fingerprint density at radius 3 is 2.17 bits per heavy atom. The number of methoxy groups -OCH3 is 2. The Morgan fingerprint density at radius 1 is 1.06 bits per heavy atom. The van der Waals surface area contributed by atoms with E-state index in [9.17, 15) is 27.6 Å². The lowest BCUT2D eigenvalue weighted by molar-refractivity contribution is -0.111. The fourth-order valence-corrected chi connectivity index (χ4v) is 3.33. The number of pyridine rings is 1. The monoisotopic (exact) mass is 500 g/mol. The zero-order chi connectivity index (χ0) is 26.3. The lowest BCUT2D eigenvalue weighted by atomic mass is 9.97. The number of ether oxygens (including phenoxy) is 4. The van der Waals surface area contributed by atoms with Gasteiger partial charge in [-0.2, -0.15) is 0 Å². The van der Waals surface area contributed by atoms with Crippen LogP contribution in [0.25, 0.3) is 0 Å². The van der Waals surface area contributed by atoms with Gasteiger partial charge in [-0.1, -0.05) is 0 Å². The summed E-state index contributed by atoms with van der Waals surface area (Å²) in [6, 6.07) is -0.659. The van der Waals surface area contributed by atoms with Gasteiger partial charge in [-0.3, -0.25) is 9.59 Å². The second kappa shape index (κ2) is 12.5. The molecule has 0 saturated carbocycles. The molecule has 1 aromatic heterocycles. The Kier molecular flexibility index (Phi) is 9.99. The first kappa shape index (κ1) is 28.0. The highest BCUT2D eigenvalue weighted by atomic mass is 19.1. The van der Waals surface area contributed by atoms with Crippen molar-refractivity contribution < 1.29 is 41.7 Å². The average molecular weight is 500 g/mol. The van der Waals surface area contributed by atoms with E-state index in [1.54, 1.807) is 13.8 Å². The van der Waals surface area contributed by atoms with Crippen LogP contribution >= 0.6 is 0 Å². The number of esters is 1. The molecule has 35 heavy (non-hydrogen) atoms. The Morgan fingerprint density at radius 2 is 1.66 bits per heavy atom. The molecule has 1 heterocycles. The molecule has 1 unspecified atom stereocenters. The molecule has 0 aliphatic heterocycles. The Labute approximate surface area is 199 Å². The first-order valence-electron chi connectivity index (χ1n) is 10.7. The number of Topliss-reactive ketones (excluding diaryl/α,β-unsaturated/α-hetero) is 1. The van der Waals surface area contributed by atoms with Crippen molar-refractivity contribution in [1.29, 1.82) is 0 Å². The number of nitrogens with two attached hydrogens (primary N) is 1. The maximum absolute atomic E-state index is 14.1. The van der Waals surface area contributed by atoms with Crippen molar-refractivity contribution in [2.75, 3.05) is 27.4 Å². The van der Waals surface area contributed by atoms with E-state index < -0.39 is 70.3 Å². The highest BCUT2D eigenvalue weighted by molar-refractivity contribution is 6.01. The van der Waals surface area contributed by atoms with Crippen molar-refractivity contribution in [2.45, 2.75) is 39.1 Å². The van der Waals surface area contributed by atoms with Gasteiger partial charge in [0.25, 0.3) is 0 Å². The molecule has 2 N–H and O–H groups in total. The number of rotatable bonds is 12. The smallest absolute Gasteiger partial charge is 0.359 e. The van der Waals surface area contributed by atoms with Gasteiger partial charge in [0.05, 0.1) is 31.4 Å². The van der Waals surface area contributed by atoms with Crippen LogP contribution < -0.4 is 15.9 Å². The summed E-state index contributed by atoms with van der Waals surface area (Å²) in [5.74, 6) is -5.91. The van der Waals surface area contributed by atoms with Crippen molar-refractivity contribution >= 4 is 11.8 Å². The number of halogens is 3. The summed E-state index contributed by atoms with van der Waals surface area (Å²) in [6.07, 6.45) is -0.487. The molecule has 2 rings (SSSR count). The van der Waals surface area contributed by atoms with Crippen molar-refractivity contribution in [1.82, 2.24) is 4.57 Å². The van der Waals surface area contributed by atoms with E-state index >= 15 is 0 Å². The number of nitrogens with zero attached hydrogens (tertiary/aromatic N) is 1. The van der Waals surface area contributed by atoms with Gasteiger partial charge in [0, 0.05) is 44.5 Å². The van der Waals surface area contributed by atoms with E-state index in [1.807, 2.05) is 0 Å². The molecule has 0 radical (unpaired) electrons. The van der Waals surface area contributed by atoms with Gasteiger partial charge in [0.1, 0.15) is 17.5 Å². The third-order valence-corrected chi connectivity index (χ3v) is 5.00. The summed E-state index contributed by atoms with van der Waals surface area (Å²) < 4.78 is 63.3. The number of hydrogen-bond donors (Lipinski definition) is 1. The molecule has 1 atom stereocenters. The van der Waals surface area contributed by atoms with Crippen molar-refractivity contribution in [2.24, 2.45) is 5.73 Å². The average Bonchev–Trinajstić information content (AvgIpc) is 2.81. The van der Waals surface area contributed by atoms with Crippen LogP contribution in [0.2, 0.25) is 0 Å². The van der Waals surface area contributed by atoms with Crippen LogP contribution in [0, 0.1) is 17.5 Å². The van der Waals surface area contributed by atoms with E-state index in [0.717, 1.165) is 6.20 Å². The fraction of sp³-hybridized carbons (Fsp3) is 0.435. The van der Waals surface area contributed by atoms with Gasteiger partial charge in [-0.05, 0) is 13.8 Å². The Bertz CT molecular complexity index is 1110.